The number of carbonyl (C=O) groups is 2. The molecule has 3 aromatic rings. The molecule has 0 aliphatic carbocycles. The molecule has 0 fully saturated rings. The molecule has 2 heterocycles. The Labute approximate surface area is 168 Å². The molecule has 0 radical (unpaired) electrons. The van der Waals surface area contributed by atoms with E-state index in [-0.39, 0.29) is 12.2 Å². The standard InChI is InChI=1S/C23H21NO3S/c1-16-11-12-21(28-16)20(25)15-23(27)18-9-5-6-10-19(18)24(22(23)26)14-13-17-7-3-2-4-8-17/h2-12,27H,13-15H2,1H3. The summed E-state index contributed by atoms with van der Waals surface area (Å²) in [4.78, 5) is 29.1. The highest BCUT2D eigenvalue weighted by atomic mass is 32.1. The lowest BCUT2D eigenvalue weighted by molar-refractivity contribution is -0.135. The third-order valence-electron chi connectivity index (χ3n) is 5.14. The Balaban J connectivity index is 1.61. The Morgan fingerprint density at radius 1 is 1.04 bits per heavy atom. The Bertz CT molecular complexity index is 1030. The van der Waals surface area contributed by atoms with Gasteiger partial charge in [0.25, 0.3) is 5.91 Å². The van der Waals surface area contributed by atoms with E-state index in [1.807, 2.05) is 55.5 Å². The average molecular weight is 391 g/mol. The van der Waals surface area contributed by atoms with Crippen molar-refractivity contribution >= 4 is 28.7 Å². The molecule has 4 nitrogen and oxygen atoms in total. The van der Waals surface area contributed by atoms with E-state index in [4.69, 9.17) is 0 Å². The highest BCUT2D eigenvalue weighted by Gasteiger charge is 2.50. The number of fused-ring (bicyclic) bond motifs is 1. The molecule has 0 spiro atoms. The fourth-order valence-electron chi connectivity index (χ4n) is 3.69. The van der Waals surface area contributed by atoms with E-state index >= 15 is 0 Å². The van der Waals surface area contributed by atoms with Crippen molar-refractivity contribution in [3.63, 3.8) is 0 Å². The summed E-state index contributed by atoms with van der Waals surface area (Å²) in [5.41, 5.74) is 0.492. The first-order chi connectivity index (χ1) is 13.5. The zero-order valence-electron chi connectivity index (χ0n) is 15.6. The molecule has 1 atom stereocenters. The van der Waals surface area contributed by atoms with Crippen molar-refractivity contribution in [2.75, 3.05) is 11.4 Å². The zero-order chi connectivity index (χ0) is 19.7. The maximum absolute atomic E-state index is 13.2. The quantitative estimate of drug-likeness (QED) is 0.644. The second-order valence-corrected chi connectivity index (χ2v) is 8.37. The minimum Gasteiger partial charge on any atom is -0.375 e. The first kappa shape index (κ1) is 18.6. The first-order valence-corrected chi connectivity index (χ1v) is 10.1. The molecular formula is C23H21NO3S. The minimum absolute atomic E-state index is 0.214. The predicted octanol–water partition coefficient (Wildman–Crippen LogP) is 4.11. The second-order valence-electron chi connectivity index (χ2n) is 7.08. The molecule has 142 valence electrons. The van der Waals surface area contributed by atoms with Crippen molar-refractivity contribution < 1.29 is 14.7 Å². The lowest BCUT2D eigenvalue weighted by Crippen LogP contribution is -2.42. The molecule has 1 amide bonds. The van der Waals surface area contributed by atoms with Gasteiger partial charge in [0.2, 0.25) is 0 Å². The summed E-state index contributed by atoms with van der Waals surface area (Å²) in [6.07, 6.45) is 0.430. The lowest BCUT2D eigenvalue weighted by Gasteiger charge is -2.22. The zero-order valence-corrected chi connectivity index (χ0v) is 16.4. The van der Waals surface area contributed by atoms with Gasteiger partial charge in [-0.3, -0.25) is 9.59 Å². The topological polar surface area (TPSA) is 57.6 Å². The number of thiophene rings is 1. The van der Waals surface area contributed by atoms with Gasteiger partial charge < -0.3 is 10.0 Å². The van der Waals surface area contributed by atoms with Crippen molar-refractivity contribution in [1.82, 2.24) is 0 Å². The summed E-state index contributed by atoms with van der Waals surface area (Å²) in [6, 6.07) is 20.7. The summed E-state index contributed by atoms with van der Waals surface area (Å²) in [5.74, 6) is -0.639. The number of nitrogens with zero attached hydrogens (tertiary/aromatic N) is 1. The number of ketones is 1. The number of rotatable bonds is 6. The van der Waals surface area contributed by atoms with Crippen LogP contribution in [0.1, 0.15) is 32.1 Å². The fraction of sp³-hybridized carbons (Fsp3) is 0.217. The van der Waals surface area contributed by atoms with E-state index < -0.39 is 11.5 Å². The van der Waals surface area contributed by atoms with E-state index in [9.17, 15) is 14.7 Å². The highest BCUT2D eigenvalue weighted by Crippen LogP contribution is 2.43. The van der Waals surface area contributed by atoms with Crippen LogP contribution < -0.4 is 4.90 Å². The van der Waals surface area contributed by atoms with Crippen molar-refractivity contribution in [3.8, 4) is 0 Å². The van der Waals surface area contributed by atoms with Gasteiger partial charge in [-0.05, 0) is 37.1 Å². The van der Waals surface area contributed by atoms with Gasteiger partial charge in [0.1, 0.15) is 0 Å². The smallest absolute Gasteiger partial charge is 0.264 e. The largest absolute Gasteiger partial charge is 0.375 e. The van der Waals surface area contributed by atoms with Gasteiger partial charge in [-0.1, -0.05) is 48.5 Å². The van der Waals surface area contributed by atoms with Crippen LogP contribution in [0.4, 0.5) is 5.69 Å². The van der Waals surface area contributed by atoms with Gasteiger partial charge in [0.05, 0.1) is 17.0 Å². The lowest BCUT2D eigenvalue weighted by atomic mass is 9.89. The molecule has 5 heteroatoms. The van der Waals surface area contributed by atoms with E-state index in [2.05, 4.69) is 0 Å². The number of anilines is 1. The van der Waals surface area contributed by atoms with Gasteiger partial charge >= 0.3 is 0 Å². The fourth-order valence-corrected chi connectivity index (χ4v) is 4.49. The number of hydrogen-bond donors (Lipinski definition) is 1. The Morgan fingerprint density at radius 2 is 1.75 bits per heavy atom. The number of aliphatic hydroxyl groups is 1. The Hall–Kier alpha value is -2.76. The molecule has 0 saturated heterocycles. The Kier molecular flexibility index (Phi) is 4.87. The number of amides is 1. The van der Waals surface area contributed by atoms with E-state index in [1.54, 1.807) is 23.1 Å². The maximum atomic E-state index is 13.2. The molecule has 0 bridgehead atoms. The van der Waals surface area contributed by atoms with Gasteiger partial charge in [0, 0.05) is 17.0 Å². The van der Waals surface area contributed by atoms with Gasteiger partial charge in [-0.15, -0.1) is 11.3 Å². The molecule has 4 rings (SSSR count). The van der Waals surface area contributed by atoms with Crippen LogP contribution in [-0.4, -0.2) is 23.3 Å². The number of para-hydroxylation sites is 1. The minimum atomic E-state index is -1.82. The predicted molar refractivity (Wildman–Crippen MR) is 111 cm³/mol. The van der Waals surface area contributed by atoms with Crippen LogP contribution in [0.25, 0.3) is 0 Å². The number of carbonyl (C=O) groups excluding carboxylic acids is 2. The third-order valence-corrected chi connectivity index (χ3v) is 6.18. The van der Waals surface area contributed by atoms with Gasteiger partial charge in [0.15, 0.2) is 11.4 Å². The van der Waals surface area contributed by atoms with Crippen LogP contribution >= 0.6 is 11.3 Å². The molecule has 0 saturated carbocycles. The summed E-state index contributed by atoms with van der Waals surface area (Å²) >= 11 is 1.38. The SMILES string of the molecule is Cc1ccc(C(=O)CC2(O)C(=O)N(CCc3ccccc3)c3ccccc32)s1. The molecule has 1 N–H and O–H groups in total. The molecule has 1 aliphatic rings. The summed E-state index contributed by atoms with van der Waals surface area (Å²) in [6.45, 7) is 2.38. The van der Waals surface area contributed by atoms with Crippen LogP contribution in [0.2, 0.25) is 0 Å². The van der Waals surface area contributed by atoms with Crippen LogP contribution in [0.5, 0.6) is 0 Å². The molecular weight excluding hydrogens is 370 g/mol. The Morgan fingerprint density at radius 3 is 2.46 bits per heavy atom. The van der Waals surface area contributed by atoms with Gasteiger partial charge in [-0.25, -0.2) is 0 Å². The highest BCUT2D eigenvalue weighted by molar-refractivity contribution is 7.14. The molecule has 2 aromatic carbocycles. The monoisotopic (exact) mass is 391 g/mol. The molecule has 1 aromatic heterocycles. The number of aryl methyl sites for hydroxylation is 1. The van der Waals surface area contributed by atoms with Crippen molar-refractivity contribution in [2.45, 2.75) is 25.4 Å². The van der Waals surface area contributed by atoms with E-state index in [0.717, 1.165) is 10.4 Å². The van der Waals surface area contributed by atoms with Crippen LogP contribution in [0, 0.1) is 6.92 Å². The van der Waals surface area contributed by atoms with Crippen molar-refractivity contribution in [2.24, 2.45) is 0 Å². The van der Waals surface area contributed by atoms with E-state index in [1.165, 1.54) is 11.3 Å². The van der Waals surface area contributed by atoms with Crippen LogP contribution in [-0.2, 0) is 16.8 Å². The molecule has 1 aliphatic heterocycles. The third kappa shape index (κ3) is 3.28. The van der Waals surface area contributed by atoms with Crippen LogP contribution in [0.15, 0.2) is 66.7 Å². The number of benzene rings is 2. The molecule has 1 unspecified atom stereocenters. The van der Waals surface area contributed by atoms with Crippen molar-refractivity contribution in [3.05, 3.63) is 87.6 Å². The number of Topliss-reactive ketones (excluding diaryl/α,β-unsaturated/α-hetero) is 1. The van der Waals surface area contributed by atoms with Gasteiger partial charge in [-0.2, -0.15) is 0 Å². The second kappa shape index (κ2) is 7.34. The van der Waals surface area contributed by atoms with Crippen LogP contribution in [0.3, 0.4) is 0 Å². The first-order valence-electron chi connectivity index (χ1n) is 9.26. The average Bonchev–Trinajstić information content (AvgIpc) is 3.23. The van der Waals surface area contributed by atoms with E-state index in [0.29, 0.717) is 29.1 Å². The normalized spacial score (nSPS) is 18.4. The summed E-state index contributed by atoms with van der Waals surface area (Å²) < 4.78 is 0. The summed E-state index contributed by atoms with van der Waals surface area (Å²) in [7, 11) is 0. The van der Waals surface area contributed by atoms with Crippen molar-refractivity contribution in [1.29, 1.82) is 0 Å². The maximum Gasteiger partial charge on any atom is 0.264 e. The number of hydrogen-bond acceptors (Lipinski definition) is 4. The molecule has 28 heavy (non-hydrogen) atoms. The summed E-state index contributed by atoms with van der Waals surface area (Å²) in [5, 5.41) is 11.3.